The normalized spacial score (nSPS) is 16.5. The number of isocyanates is 1. The second-order valence-electron chi connectivity index (χ2n) is 4.36. The van der Waals surface area contributed by atoms with Gasteiger partial charge in [0.15, 0.2) is 0 Å². The zero-order valence-corrected chi connectivity index (χ0v) is 10.6. The maximum atomic E-state index is 12.3. The largest absolute Gasteiger partial charge is 0.378 e. The van der Waals surface area contributed by atoms with Crippen LogP contribution in [0.1, 0.15) is 5.56 Å². The minimum atomic E-state index is -0.682. The lowest BCUT2D eigenvalue weighted by Gasteiger charge is -2.28. The van der Waals surface area contributed by atoms with Crippen LogP contribution < -0.4 is 0 Å². The van der Waals surface area contributed by atoms with Gasteiger partial charge >= 0.3 is 0 Å². The Morgan fingerprint density at radius 2 is 2.00 bits per heavy atom. The second-order valence-corrected chi connectivity index (χ2v) is 4.36. The predicted molar refractivity (Wildman–Crippen MR) is 69.5 cm³/mol. The molecule has 19 heavy (non-hydrogen) atoms. The average Bonchev–Trinajstić information content (AvgIpc) is 2.48. The van der Waals surface area contributed by atoms with E-state index in [2.05, 4.69) is 4.99 Å². The van der Waals surface area contributed by atoms with Crippen molar-refractivity contribution >= 4 is 12.0 Å². The van der Waals surface area contributed by atoms with Gasteiger partial charge in [0.05, 0.1) is 13.2 Å². The topological polar surface area (TPSA) is 59.0 Å². The molecular weight excluding hydrogens is 244 g/mol. The average molecular weight is 260 g/mol. The molecule has 5 heteroatoms. The molecule has 100 valence electrons. The highest BCUT2D eigenvalue weighted by Crippen LogP contribution is 2.10. The summed E-state index contributed by atoms with van der Waals surface area (Å²) < 4.78 is 5.21. The van der Waals surface area contributed by atoms with E-state index in [9.17, 15) is 9.59 Å². The quantitative estimate of drug-likeness (QED) is 0.594. The first-order valence-corrected chi connectivity index (χ1v) is 6.28. The van der Waals surface area contributed by atoms with Crippen LogP contribution in [0.15, 0.2) is 35.3 Å². The number of nitrogens with zero attached hydrogens (tertiary/aromatic N) is 2. The van der Waals surface area contributed by atoms with Crippen molar-refractivity contribution in [2.45, 2.75) is 12.5 Å². The van der Waals surface area contributed by atoms with Crippen LogP contribution in [-0.4, -0.2) is 49.2 Å². The molecule has 1 aromatic rings. The van der Waals surface area contributed by atoms with E-state index in [-0.39, 0.29) is 5.91 Å². The zero-order valence-electron chi connectivity index (χ0n) is 10.6. The zero-order chi connectivity index (χ0) is 13.5. The molecule has 1 fully saturated rings. The number of amides is 1. The maximum Gasteiger partial charge on any atom is 0.248 e. The smallest absolute Gasteiger partial charge is 0.248 e. The fourth-order valence-corrected chi connectivity index (χ4v) is 2.08. The summed E-state index contributed by atoms with van der Waals surface area (Å²) in [7, 11) is 0. The molecule has 0 saturated carbocycles. The highest BCUT2D eigenvalue weighted by Gasteiger charge is 2.25. The van der Waals surface area contributed by atoms with Crippen LogP contribution in [0.5, 0.6) is 0 Å². The third kappa shape index (κ3) is 3.74. The van der Waals surface area contributed by atoms with Crippen molar-refractivity contribution in [3.8, 4) is 0 Å². The van der Waals surface area contributed by atoms with Gasteiger partial charge in [0.2, 0.25) is 12.0 Å². The van der Waals surface area contributed by atoms with Crippen molar-refractivity contribution in [1.29, 1.82) is 0 Å². The number of ether oxygens (including phenoxy) is 1. The third-order valence-electron chi connectivity index (χ3n) is 3.09. The monoisotopic (exact) mass is 260 g/mol. The number of rotatable bonds is 4. The number of carbonyl (C=O) groups is 1. The Bertz CT molecular complexity index is 463. The molecular formula is C14H16N2O3. The Morgan fingerprint density at radius 1 is 1.32 bits per heavy atom. The van der Waals surface area contributed by atoms with Crippen LogP contribution in [0.4, 0.5) is 0 Å². The summed E-state index contributed by atoms with van der Waals surface area (Å²) >= 11 is 0. The molecule has 1 aromatic carbocycles. The van der Waals surface area contributed by atoms with Crippen molar-refractivity contribution in [3.63, 3.8) is 0 Å². The summed E-state index contributed by atoms with van der Waals surface area (Å²) in [6.07, 6.45) is 1.93. The van der Waals surface area contributed by atoms with Gasteiger partial charge in [-0.2, -0.15) is 4.99 Å². The number of carbonyl (C=O) groups excluding carboxylic acids is 2. The third-order valence-corrected chi connectivity index (χ3v) is 3.09. The molecule has 1 unspecified atom stereocenters. The van der Waals surface area contributed by atoms with Gasteiger partial charge in [0, 0.05) is 19.5 Å². The van der Waals surface area contributed by atoms with E-state index in [0.29, 0.717) is 32.7 Å². The lowest BCUT2D eigenvalue weighted by Crippen LogP contribution is -2.45. The first-order valence-electron chi connectivity index (χ1n) is 6.28. The highest BCUT2D eigenvalue weighted by molar-refractivity contribution is 5.83. The Labute approximate surface area is 111 Å². The van der Waals surface area contributed by atoms with Gasteiger partial charge in [-0.05, 0) is 5.56 Å². The van der Waals surface area contributed by atoms with Crippen LogP contribution in [-0.2, 0) is 20.7 Å². The second kappa shape index (κ2) is 6.83. The molecule has 1 aliphatic rings. The summed E-state index contributed by atoms with van der Waals surface area (Å²) in [5, 5.41) is 0. The lowest BCUT2D eigenvalue weighted by molar-refractivity contribution is -0.136. The van der Waals surface area contributed by atoms with E-state index in [0.717, 1.165) is 5.56 Å². The lowest BCUT2D eigenvalue weighted by atomic mass is 10.1. The number of hydrogen-bond acceptors (Lipinski definition) is 4. The first kappa shape index (κ1) is 13.5. The molecule has 5 nitrogen and oxygen atoms in total. The van der Waals surface area contributed by atoms with E-state index >= 15 is 0 Å². The molecule has 1 atom stereocenters. The van der Waals surface area contributed by atoms with E-state index in [1.54, 1.807) is 4.90 Å². The van der Waals surface area contributed by atoms with Gasteiger partial charge in [-0.25, -0.2) is 4.79 Å². The molecule has 2 rings (SSSR count). The Morgan fingerprint density at radius 3 is 2.63 bits per heavy atom. The summed E-state index contributed by atoms with van der Waals surface area (Å²) in [4.78, 5) is 28.1. The van der Waals surface area contributed by atoms with Crippen LogP contribution >= 0.6 is 0 Å². The van der Waals surface area contributed by atoms with Gasteiger partial charge in [0.25, 0.3) is 0 Å². The summed E-state index contributed by atoms with van der Waals surface area (Å²) in [5.41, 5.74) is 0.980. The van der Waals surface area contributed by atoms with Gasteiger partial charge in [0.1, 0.15) is 6.04 Å². The van der Waals surface area contributed by atoms with Gasteiger partial charge in [-0.1, -0.05) is 30.3 Å². The molecule has 0 aromatic heterocycles. The van der Waals surface area contributed by atoms with Crippen LogP contribution in [0.2, 0.25) is 0 Å². The van der Waals surface area contributed by atoms with Crippen molar-refractivity contribution < 1.29 is 14.3 Å². The Hall–Kier alpha value is -1.97. The number of morpholine rings is 1. The molecule has 0 spiro atoms. The summed E-state index contributed by atoms with van der Waals surface area (Å²) in [6, 6.07) is 8.86. The highest BCUT2D eigenvalue weighted by atomic mass is 16.5. The first-order chi connectivity index (χ1) is 9.31. The van der Waals surface area contributed by atoms with Crippen molar-refractivity contribution in [1.82, 2.24) is 4.90 Å². The number of hydrogen-bond donors (Lipinski definition) is 0. The van der Waals surface area contributed by atoms with Gasteiger partial charge in [-0.3, -0.25) is 4.79 Å². The fourth-order valence-electron chi connectivity index (χ4n) is 2.08. The van der Waals surface area contributed by atoms with Crippen molar-refractivity contribution in [2.24, 2.45) is 4.99 Å². The minimum absolute atomic E-state index is 0.129. The number of aliphatic imine (C=N–C) groups is 1. The van der Waals surface area contributed by atoms with E-state index in [1.807, 2.05) is 30.3 Å². The molecule has 1 saturated heterocycles. The van der Waals surface area contributed by atoms with Crippen molar-refractivity contribution in [3.05, 3.63) is 35.9 Å². The SMILES string of the molecule is O=C=NC(Cc1ccccc1)C(=O)N1CCOCC1. The van der Waals surface area contributed by atoms with E-state index < -0.39 is 6.04 Å². The molecule has 1 heterocycles. The van der Waals surface area contributed by atoms with Crippen molar-refractivity contribution in [2.75, 3.05) is 26.3 Å². The van der Waals surface area contributed by atoms with Gasteiger partial charge < -0.3 is 9.64 Å². The molecule has 0 aliphatic carbocycles. The van der Waals surface area contributed by atoms with Gasteiger partial charge in [-0.15, -0.1) is 0 Å². The van der Waals surface area contributed by atoms with Crippen LogP contribution in [0.25, 0.3) is 0 Å². The standard InChI is InChI=1S/C14H16N2O3/c17-11-15-13(10-12-4-2-1-3-5-12)14(18)16-6-8-19-9-7-16/h1-5,13H,6-10H2. The predicted octanol–water partition coefficient (Wildman–Crippen LogP) is 0.792. The van der Waals surface area contributed by atoms with Crippen LogP contribution in [0.3, 0.4) is 0 Å². The molecule has 1 aliphatic heterocycles. The Kier molecular flexibility index (Phi) is 4.84. The summed E-state index contributed by atoms with van der Waals surface area (Å²) in [6.45, 7) is 2.18. The molecule has 0 N–H and O–H groups in total. The minimum Gasteiger partial charge on any atom is -0.378 e. The van der Waals surface area contributed by atoms with Crippen LogP contribution in [0, 0.1) is 0 Å². The molecule has 0 bridgehead atoms. The summed E-state index contributed by atoms with van der Waals surface area (Å²) in [5.74, 6) is -0.129. The van der Waals surface area contributed by atoms with E-state index in [1.165, 1.54) is 6.08 Å². The molecule has 1 amide bonds. The maximum absolute atomic E-state index is 12.3. The molecule has 0 radical (unpaired) electrons. The number of benzene rings is 1. The fraction of sp³-hybridized carbons (Fsp3) is 0.429. The van der Waals surface area contributed by atoms with E-state index in [4.69, 9.17) is 4.74 Å². The Balaban J connectivity index is 2.06.